The first-order chi connectivity index (χ1) is 18.9. The largest absolute Gasteiger partial charge is 0.507 e. The number of ketones is 1. The van der Waals surface area contributed by atoms with Gasteiger partial charge in [0.05, 0.1) is 35.5 Å². The fourth-order valence-electron chi connectivity index (χ4n) is 4.73. The minimum Gasteiger partial charge on any atom is -0.507 e. The zero-order valence-electron chi connectivity index (χ0n) is 22.1. The van der Waals surface area contributed by atoms with Gasteiger partial charge in [-0.3, -0.25) is 14.5 Å². The summed E-state index contributed by atoms with van der Waals surface area (Å²) in [5.74, 6) is -0.693. The number of methoxy groups -OCH3 is 1. The Morgan fingerprint density at radius 3 is 2.56 bits per heavy atom. The van der Waals surface area contributed by atoms with Crippen molar-refractivity contribution in [2.45, 2.75) is 39.2 Å². The monoisotopic (exact) mass is 542 g/mol. The second kappa shape index (κ2) is 11.3. The summed E-state index contributed by atoms with van der Waals surface area (Å²) < 4.78 is 12.5. The highest BCUT2D eigenvalue weighted by atomic mass is 32.1. The van der Waals surface area contributed by atoms with Crippen molar-refractivity contribution in [3.8, 4) is 11.5 Å². The molecule has 0 bridgehead atoms. The molecule has 1 aliphatic rings. The Bertz CT molecular complexity index is 1560. The third kappa shape index (κ3) is 5.12. The summed E-state index contributed by atoms with van der Waals surface area (Å²) in [7, 11) is 1.55. The number of amides is 1. The molecule has 1 atom stereocenters. The molecule has 0 saturated carbocycles. The lowest BCUT2D eigenvalue weighted by Crippen LogP contribution is -2.29. The minimum absolute atomic E-state index is 0.000281. The van der Waals surface area contributed by atoms with E-state index < -0.39 is 17.7 Å². The van der Waals surface area contributed by atoms with E-state index in [1.54, 1.807) is 49.6 Å². The number of nitrogens with zero attached hydrogens (tertiary/aromatic N) is 2. The fourth-order valence-corrected chi connectivity index (χ4v) is 5.82. The van der Waals surface area contributed by atoms with Crippen LogP contribution in [0.2, 0.25) is 0 Å². The fraction of sp³-hybridized carbons (Fsp3) is 0.258. The number of aryl methyl sites for hydroxylation is 1. The Balaban J connectivity index is 1.65. The number of aliphatic hydroxyl groups excluding tert-OH is 1. The van der Waals surface area contributed by atoms with Crippen molar-refractivity contribution in [1.82, 2.24) is 4.98 Å². The molecule has 1 fully saturated rings. The van der Waals surface area contributed by atoms with Crippen molar-refractivity contribution in [3.63, 3.8) is 0 Å². The third-order valence-electron chi connectivity index (χ3n) is 6.74. The van der Waals surface area contributed by atoms with E-state index in [-0.39, 0.29) is 11.3 Å². The number of unbranched alkanes of at least 4 members (excludes halogenated alkanes) is 2. The van der Waals surface area contributed by atoms with E-state index in [1.165, 1.54) is 16.2 Å². The number of benzene rings is 3. The third-order valence-corrected chi connectivity index (χ3v) is 7.76. The van der Waals surface area contributed by atoms with Gasteiger partial charge in [0.2, 0.25) is 0 Å². The maximum absolute atomic E-state index is 13.5. The van der Waals surface area contributed by atoms with Crippen LogP contribution in [0.25, 0.3) is 16.0 Å². The van der Waals surface area contributed by atoms with Crippen LogP contribution >= 0.6 is 11.3 Å². The molecule has 200 valence electrons. The first-order valence-corrected chi connectivity index (χ1v) is 13.8. The van der Waals surface area contributed by atoms with Crippen LogP contribution in [-0.2, 0) is 9.59 Å². The van der Waals surface area contributed by atoms with E-state index >= 15 is 0 Å². The second-order valence-corrected chi connectivity index (χ2v) is 10.5. The van der Waals surface area contributed by atoms with Gasteiger partial charge in [-0.15, -0.1) is 0 Å². The van der Waals surface area contributed by atoms with E-state index in [4.69, 9.17) is 14.5 Å². The molecule has 5 rings (SSSR count). The van der Waals surface area contributed by atoms with Crippen molar-refractivity contribution in [2.24, 2.45) is 0 Å². The maximum atomic E-state index is 13.5. The molecule has 1 aromatic heterocycles. The second-order valence-electron chi connectivity index (χ2n) is 9.47. The number of rotatable bonds is 9. The van der Waals surface area contributed by atoms with Gasteiger partial charge in [-0.05, 0) is 48.7 Å². The average Bonchev–Trinajstić information content (AvgIpc) is 3.48. The summed E-state index contributed by atoms with van der Waals surface area (Å²) in [6.45, 7) is 4.68. The van der Waals surface area contributed by atoms with Crippen LogP contribution in [-0.4, -0.2) is 35.5 Å². The SMILES string of the molecule is CCCCCOc1ccc(C2C(=C(O)c3ccccc3)C(=O)C(=O)N2c2nc3ccc(C)cc3s2)cc1OC. The standard InChI is InChI=1S/C31H30N2O5S/c1-4-5-9-16-38-23-15-13-21(18-24(23)37-3)27-26(28(34)20-10-7-6-8-11-20)29(35)30(36)33(27)31-32-22-14-12-19(2)17-25(22)39-31/h6-8,10-15,17-18,27,34H,4-5,9,16H2,1-3H3. The summed E-state index contributed by atoms with van der Waals surface area (Å²) in [5.41, 5.74) is 2.85. The normalized spacial score (nSPS) is 16.7. The summed E-state index contributed by atoms with van der Waals surface area (Å²) >= 11 is 1.33. The predicted molar refractivity (Wildman–Crippen MR) is 154 cm³/mol. The molecule has 4 aromatic rings. The number of hydrogen-bond donors (Lipinski definition) is 1. The van der Waals surface area contributed by atoms with Crippen LogP contribution in [0.15, 0.2) is 72.3 Å². The van der Waals surface area contributed by atoms with Gasteiger partial charge in [-0.1, -0.05) is 73.6 Å². The lowest BCUT2D eigenvalue weighted by atomic mass is 9.95. The number of anilines is 1. The molecular formula is C31H30N2O5S. The molecule has 0 radical (unpaired) electrons. The molecule has 8 heteroatoms. The van der Waals surface area contributed by atoms with Crippen molar-refractivity contribution in [3.05, 3.63) is 89.0 Å². The number of aromatic nitrogens is 1. The molecule has 1 unspecified atom stereocenters. The number of hydrogen-bond acceptors (Lipinski definition) is 7. The zero-order valence-corrected chi connectivity index (χ0v) is 23.0. The summed E-state index contributed by atoms with van der Waals surface area (Å²) in [5, 5.41) is 11.7. The number of fused-ring (bicyclic) bond motifs is 1. The summed E-state index contributed by atoms with van der Waals surface area (Å²) in [6, 6.07) is 19.0. The molecule has 0 aliphatic carbocycles. The van der Waals surface area contributed by atoms with E-state index in [0.717, 1.165) is 35.0 Å². The predicted octanol–water partition coefficient (Wildman–Crippen LogP) is 6.81. The van der Waals surface area contributed by atoms with Crippen molar-refractivity contribution in [1.29, 1.82) is 0 Å². The highest BCUT2D eigenvalue weighted by molar-refractivity contribution is 7.22. The van der Waals surface area contributed by atoms with Gasteiger partial charge in [0.15, 0.2) is 16.6 Å². The zero-order chi connectivity index (χ0) is 27.5. The quantitative estimate of drug-likeness (QED) is 0.108. The molecule has 3 aromatic carbocycles. The van der Waals surface area contributed by atoms with Gasteiger partial charge >= 0.3 is 5.91 Å². The first-order valence-electron chi connectivity index (χ1n) is 13.0. The van der Waals surface area contributed by atoms with Crippen molar-refractivity contribution < 1.29 is 24.2 Å². The molecule has 7 nitrogen and oxygen atoms in total. The molecule has 2 heterocycles. The van der Waals surface area contributed by atoms with E-state index in [9.17, 15) is 14.7 Å². The van der Waals surface area contributed by atoms with Crippen LogP contribution in [0.3, 0.4) is 0 Å². The molecule has 1 aliphatic heterocycles. The topological polar surface area (TPSA) is 89.0 Å². The van der Waals surface area contributed by atoms with Crippen LogP contribution in [0.5, 0.6) is 11.5 Å². The molecule has 1 amide bonds. The van der Waals surface area contributed by atoms with Crippen LogP contribution in [0.1, 0.15) is 48.9 Å². The Morgan fingerprint density at radius 1 is 1.03 bits per heavy atom. The Hall–Kier alpha value is -4.17. The van der Waals surface area contributed by atoms with Gasteiger partial charge in [0.1, 0.15) is 5.76 Å². The highest BCUT2D eigenvalue weighted by Gasteiger charge is 2.48. The number of ether oxygens (including phenoxy) is 2. The summed E-state index contributed by atoms with van der Waals surface area (Å²) in [6.07, 6.45) is 3.08. The van der Waals surface area contributed by atoms with E-state index in [0.29, 0.717) is 34.4 Å². The van der Waals surface area contributed by atoms with Crippen LogP contribution in [0, 0.1) is 6.92 Å². The first kappa shape index (κ1) is 26.4. The van der Waals surface area contributed by atoms with Crippen molar-refractivity contribution in [2.75, 3.05) is 18.6 Å². The highest BCUT2D eigenvalue weighted by Crippen LogP contribution is 2.46. The molecule has 39 heavy (non-hydrogen) atoms. The number of carbonyl (C=O) groups excluding carboxylic acids is 2. The lowest BCUT2D eigenvalue weighted by molar-refractivity contribution is -0.132. The van der Waals surface area contributed by atoms with Crippen LogP contribution in [0.4, 0.5) is 5.13 Å². The average molecular weight is 543 g/mol. The van der Waals surface area contributed by atoms with Gasteiger partial charge in [0.25, 0.3) is 5.78 Å². The molecular weight excluding hydrogens is 512 g/mol. The Labute approximate surface area is 231 Å². The smallest absolute Gasteiger partial charge is 0.301 e. The van der Waals surface area contributed by atoms with Gasteiger partial charge in [-0.25, -0.2) is 4.98 Å². The van der Waals surface area contributed by atoms with Crippen molar-refractivity contribution >= 4 is 44.1 Å². The molecule has 1 N–H and O–H groups in total. The van der Waals surface area contributed by atoms with Crippen LogP contribution < -0.4 is 14.4 Å². The Kier molecular flexibility index (Phi) is 7.65. The molecule has 1 saturated heterocycles. The number of carbonyl (C=O) groups is 2. The number of aliphatic hydroxyl groups is 1. The van der Waals surface area contributed by atoms with E-state index in [2.05, 4.69) is 6.92 Å². The lowest BCUT2D eigenvalue weighted by Gasteiger charge is -2.24. The Morgan fingerprint density at radius 2 is 1.82 bits per heavy atom. The minimum atomic E-state index is -0.907. The molecule has 0 spiro atoms. The van der Waals surface area contributed by atoms with E-state index in [1.807, 2.05) is 31.2 Å². The van der Waals surface area contributed by atoms with Gasteiger partial charge in [-0.2, -0.15) is 0 Å². The van der Waals surface area contributed by atoms with Gasteiger partial charge in [0, 0.05) is 5.56 Å². The maximum Gasteiger partial charge on any atom is 0.301 e. The number of thiazole rings is 1. The summed E-state index contributed by atoms with van der Waals surface area (Å²) in [4.78, 5) is 33.1. The van der Waals surface area contributed by atoms with Gasteiger partial charge < -0.3 is 14.6 Å². The number of Topliss-reactive ketones (excluding diaryl/α,β-unsaturated/α-hetero) is 1.